The third-order valence-corrected chi connectivity index (χ3v) is 4.22. The Morgan fingerprint density at radius 3 is 2.74 bits per heavy atom. The fourth-order valence-corrected chi connectivity index (χ4v) is 3.21. The lowest BCUT2D eigenvalue weighted by atomic mass is 10.2. The van der Waals surface area contributed by atoms with E-state index in [4.69, 9.17) is 5.73 Å². The van der Waals surface area contributed by atoms with E-state index in [0.717, 1.165) is 6.42 Å². The van der Waals surface area contributed by atoms with E-state index in [2.05, 4.69) is 0 Å². The van der Waals surface area contributed by atoms with Gasteiger partial charge in [-0.1, -0.05) is 13.0 Å². The van der Waals surface area contributed by atoms with Gasteiger partial charge in [-0.3, -0.25) is 4.79 Å². The number of anilines is 1. The molecule has 0 spiro atoms. The van der Waals surface area contributed by atoms with E-state index >= 15 is 0 Å². The highest BCUT2D eigenvalue weighted by Gasteiger charge is 2.22. The Bertz CT molecular complexity index is 609. The number of rotatable bonds is 4. The van der Waals surface area contributed by atoms with Crippen LogP contribution >= 0.6 is 11.3 Å². The van der Waals surface area contributed by atoms with Crippen molar-refractivity contribution in [3.8, 4) is 0 Å². The Labute approximate surface area is 115 Å². The molecular formula is C14H17FN2OS. The van der Waals surface area contributed by atoms with Crippen molar-refractivity contribution < 1.29 is 9.18 Å². The molecule has 0 atom stereocenters. The molecule has 2 rings (SSSR count). The van der Waals surface area contributed by atoms with Crippen molar-refractivity contribution in [2.45, 2.75) is 20.3 Å². The molecule has 19 heavy (non-hydrogen) atoms. The molecule has 0 fully saturated rings. The lowest BCUT2D eigenvalue weighted by Crippen LogP contribution is -2.31. The van der Waals surface area contributed by atoms with Crippen molar-refractivity contribution in [1.29, 1.82) is 0 Å². The fraction of sp³-hybridized carbons (Fsp3) is 0.357. The second-order valence-electron chi connectivity index (χ2n) is 4.34. The smallest absolute Gasteiger partial charge is 0.266 e. The number of benzene rings is 1. The maximum absolute atomic E-state index is 13.8. The molecule has 1 aromatic heterocycles. The van der Waals surface area contributed by atoms with Crippen LogP contribution in [0.25, 0.3) is 10.1 Å². The summed E-state index contributed by atoms with van der Waals surface area (Å²) in [6.07, 6.45) is 0.888. The summed E-state index contributed by atoms with van der Waals surface area (Å²) in [5.41, 5.74) is 6.21. The van der Waals surface area contributed by atoms with Gasteiger partial charge in [0.2, 0.25) is 0 Å². The molecule has 0 aliphatic rings. The number of halogens is 1. The molecule has 0 aliphatic heterocycles. The Morgan fingerprint density at radius 2 is 2.16 bits per heavy atom. The topological polar surface area (TPSA) is 46.3 Å². The van der Waals surface area contributed by atoms with Gasteiger partial charge in [0.25, 0.3) is 5.91 Å². The maximum Gasteiger partial charge on any atom is 0.266 e. The average Bonchev–Trinajstić information content (AvgIpc) is 2.74. The zero-order valence-corrected chi connectivity index (χ0v) is 11.9. The first kappa shape index (κ1) is 13.8. The van der Waals surface area contributed by atoms with Gasteiger partial charge in [0, 0.05) is 17.8 Å². The molecule has 0 aliphatic carbocycles. The number of nitrogen functional groups attached to an aromatic ring is 1. The van der Waals surface area contributed by atoms with E-state index in [9.17, 15) is 9.18 Å². The van der Waals surface area contributed by atoms with Crippen molar-refractivity contribution in [1.82, 2.24) is 4.90 Å². The first-order valence-electron chi connectivity index (χ1n) is 6.35. The zero-order valence-electron chi connectivity index (χ0n) is 11.1. The van der Waals surface area contributed by atoms with Gasteiger partial charge in [0.15, 0.2) is 0 Å². The molecule has 0 radical (unpaired) electrons. The van der Waals surface area contributed by atoms with Crippen LogP contribution in [-0.4, -0.2) is 23.9 Å². The third-order valence-electron chi connectivity index (χ3n) is 3.06. The van der Waals surface area contributed by atoms with Gasteiger partial charge in [-0.2, -0.15) is 0 Å². The second-order valence-corrected chi connectivity index (χ2v) is 5.39. The van der Waals surface area contributed by atoms with E-state index in [1.807, 2.05) is 13.8 Å². The van der Waals surface area contributed by atoms with Crippen molar-refractivity contribution in [2.24, 2.45) is 0 Å². The van der Waals surface area contributed by atoms with Gasteiger partial charge in [-0.15, -0.1) is 11.3 Å². The first-order chi connectivity index (χ1) is 9.10. The molecule has 1 amide bonds. The van der Waals surface area contributed by atoms with Crippen LogP contribution in [0.1, 0.15) is 29.9 Å². The molecule has 1 aromatic carbocycles. The predicted octanol–water partition coefficient (Wildman–Crippen LogP) is 3.49. The van der Waals surface area contributed by atoms with E-state index in [1.54, 1.807) is 17.0 Å². The van der Waals surface area contributed by atoms with E-state index < -0.39 is 0 Å². The SMILES string of the molecule is CCCN(CC)C(=O)c1sc2cccc(F)c2c1N. The first-order valence-corrected chi connectivity index (χ1v) is 7.17. The number of hydrogen-bond acceptors (Lipinski definition) is 3. The summed E-state index contributed by atoms with van der Waals surface area (Å²) in [6, 6.07) is 4.78. The summed E-state index contributed by atoms with van der Waals surface area (Å²) in [7, 11) is 0. The summed E-state index contributed by atoms with van der Waals surface area (Å²) < 4.78 is 14.5. The van der Waals surface area contributed by atoms with E-state index in [0.29, 0.717) is 28.1 Å². The lowest BCUT2D eigenvalue weighted by molar-refractivity contribution is 0.0770. The zero-order chi connectivity index (χ0) is 14.0. The lowest BCUT2D eigenvalue weighted by Gasteiger charge is -2.19. The van der Waals surface area contributed by atoms with Crippen LogP contribution in [0.3, 0.4) is 0 Å². The van der Waals surface area contributed by atoms with E-state index in [1.165, 1.54) is 17.4 Å². The van der Waals surface area contributed by atoms with E-state index in [-0.39, 0.29) is 17.4 Å². The van der Waals surface area contributed by atoms with Gasteiger partial charge in [0.05, 0.1) is 11.1 Å². The monoisotopic (exact) mass is 280 g/mol. The minimum Gasteiger partial charge on any atom is -0.397 e. The van der Waals surface area contributed by atoms with Gasteiger partial charge < -0.3 is 10.6 Å². The quantitative estimate of drug-likeness (QED) is 0.931. The van der Waals surface area contributed by atoms with Crippen molar-refractivity contribution in [2.75, 3.05) is 18.8 Å². The molecule has 0 unspecified atom stereocenters. The minimum absolute atomic E-state index is 0.109. The molecule has 3 nitrogen and oxygen atoms in total. The maximum atomic E-state index is 13.8. The van der Waals surface area contributed by atoms with Crippen LogP contribution < -0.4 is 5.73 Å². The number of amides is 1. The minimum atomic E-state index is -0.371. The van der Waals surface area contributed by atoms with Crippen LogP contribution in [0, 0.1) is 5.82 Å². The molecule has 0 saturated heterocycles. The highest BCUT2D eigenvalue weighted by molar-refractivity contribution is 7.21. The number of nitrogens with zero attached hydrogens (tertiary/aromatic N) is 1. The number of thiophene rings is 1. The Kier molecular flexibility index (Phi) is 4.04. The van der Waals surface area contributed by atoms with Gasteiger partial charge in [0.1, 0.15) is 10.7 Å². The highest BCUT2D eigenvalue weighted by atomic mass is 32.1. The number of hydrogen-bond donors (Lipinski definition) is 1. The van der Waals surface area contributed by atoms with Crippen LogP contribution in [0.2, 0.25) is 0 Å². The molecule has 5 heteroatoms. The summed E-state index contributed by atoms with van der Waals surface area (Å²) in [5, 5.41) is 0.364. The predicted molar refractivity (Wildman–Crippen MR) is 78.1 cm³/mol. The van der Waals surface area contributed by atoms with Crippen LogP contribution in [0.5, 0.6) is 0 Å². The number of carbonyl (C=O) groups is 1. The summed E-state index contributed by atoms with van der Waals surface area (Å²) in [6.45, 7) is 5.26. The Morgan fingerprint density at radius 1 is 1.42 bits per heavy atom. The van der Waals surface area contributed by atoms with Crippen LogP contribution in [0.15, 0.2) is 18.2 Å². The summed E-state index contributed by atoms with van der Waals surface area (Å²) >= 11 is 1.26. The molecule has 2 aromatic rings. The van der Waals surface area contributed by atoms with Crippen molar-refractivity contribution in [3.63, 3.8) is 0 Å². The largest absolute Gasteiger partial charge is 0.397 e. The molecule has 1 heterocycles. The van der Waals surface area contributed by atoms with Crippen LogP contribution in [-0.2, 0) is 0 Å². The highest BCUT2D eigenvalue weighted by Crippen LogP contribution is 2.35. The standard InChI is InChI=1S/C14H17FN2OS/c1-3-8-17(4-2)14(18)13-12(16)11-9(15)6-5-7-10(11)19-13/h5-7H,3-4,8,16H2,1-2H3. The van der Waals surface area contributed by atoms with Gasteiger partial charge >= 0.3 is 0 Å². The summed E-state index contributed by atoms with van der Waals surface area (Å²) in [5.74, 6) is -0.480. The number of carbonyl (C=O) groups excluding carboxylic acids is 1. The molecule has 0 bridgehead atoms. The normalized spacial score (nSPS) is 10.9. The van der Waals surface area contributed by atoms with Crippen molar-refractivity contribution >= 4 is 33.0 Å². The molecule has 2 N–H and O–H groups in total. The Hall–Kier alpha value is -1.62. The average molecular weight is 280 g/mol. The molecule has 102 valence electrons. The second kappa shape index (κ2) is 5.57. The summed E-state index contributed by atoms with van der Waals surface area (Å²) in [4.78, 5) is 14.6. The van der Waals surface area contributed by atoms with Crippen LogP contribution in [0.4, 0.5) is 10.1 Å². The van der Waals surface area contributed by atoms with Gasteiger partial charge in [-0.05, 0) is 25.5 Å². The number of nitrogens with two attached hydrogens (primary N) is 1. The number of fused-ring (bicyclic) bond motifs is 1. The fourth-order valence-electron chi connectivity index (χ4n) is 2.10. The Balaban J connectivity index is 2.48. The van der Waals surface area contributed by atoms with Crippen molar-refractivity contribution in [3.05, 3.63) is 28.9 Å². The molecule has 0 saturated carbocycles. The third kappa shape index (κ3) is 2.42. The molecular weight excluding hydrogens is 263 g/mol. The van der Waals surface area contributed by atoms with Gasteiger partial charge in [-0.25, -0.2) is 4.39 Å².